The minimum atomic E-state index is 0.382. The second-order valence-electron chi connectivity index (χ2n) is 4.09. The second-order valence-corrected chi connectivity index (χ2v) is 5.44. The third-order valence-electron chi connectivity index (χ3n) is 2.66. The van der Waals surface area contributed by atoms with Crippen LogP contribution in [-0.4, -0.2) is 9.97 Å². The summed E-state index contributed by atoms with van der Waals surface area (Å²) in [5.41, 5.74) is 1.91. The Morgan fingerprint density at radius 3 is 2.95 bits per heavy atom. The third kappa shape index (κ3) is 2.91. The fraction of sp³-hybridized carbons (Fsp3) is 0.0714. The predicted molar refractivity (Wildman–Crippen MR) is 79.6 cm³/mol. The van der Waals surface area contributed by atoms with Gasteiger partial charge in [0.2, 0.25) is 0 Å². The van der Waals surface area contributed by atoms with Crippen molar-refractivity contribution in [3.63, 3.8) is 0 Å². The van der Waals surface area contributed by atoms with Gasteiger partial charge < -0.3 is 9.72 Å². The number of fused-ring (bicyclic) bond motifs is 1. The van der Waals surface area contributed by atoms with Crippen LogP contribution in [0.1, 0.15) is 5.82 Å². The van der Waals surface area contributed by atoms with Crippen molar-refractivity contribution in [2.75, 3.05) is 0 Å². The molecule has 19 heavy (non-hydrogen) atoms. The molecule has 3 nitrogen and oxygen atoms in total. The van der Waals surface area contributed by atoms with Crippen LogP contribution in [0.25, 0.3) is 11.0 Å². The zero-order valence-corrected chi connectivity index (χ0v) is 12.2. The number of aromatic nitrogens is 2. The molecule has 3 aromatic rings. The highest BCUT2D eigenvalue weighted by Gasteiger charge is 2.04. The van der Waals surface area contributed by atoms with Crippen LogP contribution >= 0.6 is 27.5 Å². The SMILES string of the molecule is Clc1cccc(OCc2nc3ccc(Br)cc3[nH]2)c1. The van der Waals surface area contributed by atoms with Crippen molar-refractivity contribution in [1.82, 2.24) is 9.97 Å². The van der Waals surface area contributed by atoms with E-state index in [0.29, 0.717) is 11.6 Å². The largest absolute Gasteiger partial charge is 0.486 e. The van der Waals surface area contributed by atoms with Gasteiger partial charge in [0.05, 0.1) is 11.0 Å². The van der Waals surface area contributed by atoms with Crippen LogP contribution < -0.4 is 4.74 Å². The molecule has 0 atom stereocenters. The molecule has 2 aromatic carbocycles. The normalized spacial score (nSPS) is 10.8. The molecular weight excluding hydrogens is 328 g/mol. The molecule has 1 N–H and O–H groups in total. The number of nitrogens with zero attached hydrogens (tertiary/aromatic N) is 1. The smallest absolute Gasteiger partial charge is 0.146 e. The summed E-state index contributed by atoms with van der Waals surface area (Å²) in [5, 5.41) is 0.658. The highest BCUT2D eigenvalue weighted by molar-refractivity contribution is 9.10. The lowest BCUT2D eigenvalue weighted by Gasteiger charge is -2.03. The quantitative estimate of drug-likeness (QED) is 0.761. The number of aromatic amines is 1. The van der Waals surface area contributed by atoms with E-state index in [0.717, 1.165) is 27.1 Å². The molecule has 0 aliphatic heterocycles. The van der Waals surface area contributed by atoms with Crippen LogP contribution in [0, 0.1) is 0 Å². The van der Waals surface area contributed by atoms with E-state index in [1.165, 1.54) is 0 Å². The van der Waals surface area contributed by atoms with Crippen LogP contribution in [0.15, 0.2) is 46.9 Å². The van der Waals surface area contributed by atoms with Gasteiger partial charge in [-0.15, -0.1) is 0 Å². The number of imidazole rings is 1. The molecule has 0 saturated carbocycles. The molecular formula is C14H10BrClN2O. The number of benzene rings is 2. The van der Waals surface area contributed by atoms with Gasteiger partial charge in [-0.3, -0.25) is 0 Å². The van der Waals surface area contributed by atoms with Crippen molar-refractivity contribution in [2.24, 2.45) is 0 Å². The summed E-state index contributed by atoms with van der Waals surface area (Å²) in [6.07, 6.45) is 0. The Labute approximate surface area is 123 Å². The fourth-order valence-corrected chi connectivity index (χ4v) is 2.35. The first kappa shape index (κ1) is 12.5. The summed E-state index contributed by atoms with van der Waals surface area (Å²) in [4.78, 5) is 7.68. The lowest BCUT2D eigenvalue weighted by atomic mass is 10.3. The van der Waals surface area contributed by atoms with Crippen LogP contribution in [-0.2, 0) is 6.61 Å². The molecule has 96 valence electrons. The maximum atomic E-state index is 5.90. The predicted octanol–water partition coefficient (Wildman–Crippen LogP) is 4.56. The maximum absolute atomic E-state index is 5.90. The first-order chi connectivity index (χ1) is 9.20. The minimum absolute atomic E-state index is 0.382. The molecule has 0 aliphatic carbocycles. The van der Waals surface area contributed by atoms with Gasteiger partial charge in [-0.05, 0) is 36.4 Å². The molecule has 0 spiro atoms. The van der Waals surface area contributed by atoms with Crippen molar-refractivity contribution in [1.29, 1.82) is 0 Å². The number of H-pyrrole nitrogens is 1. The number of hydrogen-bond acceptors (Lipinski definition) is 2. The molecule has 5 heteroatoms. The zero-order valence-electron chi connectivity index (χ0n) is 9.86. The van der Waals surface area contributed by atoms with Gasteiger partial charge in [-0.25, -0.2) is 4.98 Å². The van der Waals surface area contributed by atoms with Gasteiger partial charge >= 0.3 is 0 Å². The number of ether oxygens (including phenoxy) is 1. The van der Waals surface area contributed by atoms with Gasteiger partial charge in [0.15, 0.2) is 0 Å². The van der Waals surface area contributed by atoms with E-state index >= 15 is 0 Å². The lowest BCUT2D eigenvalue weighted by molar-refractivity contribution is 0.297. The molecule has 3 rings (SSSR count). The van der Waals surface area contributed by atoms with E-state index in [1.54, 1.807) is 6.07 Å². The average Bonchev–Trinajstić information content (AvgIpc) is 2.78. The molecule has 1 aromatic heterocycles. The molecule has 1 heterocycles. The van der Waals surface area contributed by atoms with E-state index < -0.39 is 0 Å². The summed E-state index contributed by atoms with van der Waals surface area (Å²) in [6.45, 7) is 0.382. The summed E-state index contributed by atoms with van der Waals surface area (Å²) < 4.78 is 6.66. The lowest BCUT2D eigenvalue weighted by Crippen LogP contribution is -1.97. The van der Waals surface area contributed by atoms with Crippen LogP contribution in [0.5, 0.6) is 5.75 Å². The molecule has 0 unspecified atom stereocenters. The van der Waals surface area contributed by atoms with E-state index in [1.807, 2.05) is 36.4 Å². The van der Waals surface area contributed by atoms with Crippen LogP contribution in [0.4, 0.5) is 0 Å². The Kier molecular flexibility index (Phi) is 3.44. The fourth-order valence-electron chi connectivity index (χ4n) is 1.81. The number of nitrogens with one attached hydrogen (secondary N) is 1. The van der Waals surface area contributed by atoms with Gasteiger partial charge in [0.25, 0.3) is 0 Å². The molecule has 0 radical (unpaired) electrons. The Morgan fingerprint density at radius 1 is 1.21 bits per heavy atom. The molecule has 0 bridgehead atoms. The first-order valence-electron chi connectivity index (χ1n) is 5.73. The van der Waals surface area contributed by atoms with E-state index in [-0.39, 0.29) is 0 Å². The van der Waals surface area contributed by atoms with E-state index in [2.05, 4.69) is 25.9 Å². The second kappa shape index (κ2) is 5.23. The number of hydrogen-bond donors (Lipinski definition) is 1. The van der Waals surface area contributed by atoms with Crippen LogP contribution in [0.2, 0.25) is 5.02 Å². The van der Waals surface area contributed by atoms with Crippen molar-refractivity contribution in [2.45, 2.75) is 6.61 Å². The maximum Gasteiger partial charge on any atom is 0.146 e. The van der Waals surface area contributed by atoms with Gasteiger partial charge in [0, 0.05) is 9.50 Å². The highest BCUT2D eigenvalue weighted by Crippen LogP contribution is 2.20. The van der Waals surface area contributed by atoms with Gasteiger partial charge in [-0.1, -0.05) is 33.6 Å². The number of halogens is 2. The standard InChI is InChI=1S/C14H10BrClN2O/c15-9-4-5-12-13(6-9)18-14(17-12)8-19-11-3-1-2-10(16)7-11/h1-7H,8H2,(H,17,18). The summed E-state index contributed by atoms with van der Waals surface area (Å²) in [5.74, 6) is 1.52. The van der Waals surface area contributed by atoms with Crippen LogP contribution in [0.3, 0.4) is 0 Å². The molecule has 0 fully saturated rings. The molecule has 0 amide bonds. The highest BCUT2D eigenvalue weighted by atomic mass is 79.9. The van der Waals surface area contributed by atoms with Crippen molar-refractivity contribution < 1.29 is 4.74 Å². The van der Waals surface area contributed by atoms with Crippen molar-refractivity contribution >= 4 is 38.6 Å². The summed E-state index contributed by atoms with van der Waals surface area (Å²) in [6, 6.07) is 13.2. The Hall–Kier alpha value is -1.52. The van der Waals surface area contributed by atoms with Gasteiger partial charge in [-0.2, -0.15) is 0 Å². The zero-order chi connectivity index (χ0) is 13.2. The van der Waals surface area contributed by atoms with Gasteiger partial charge in [0.1, 0.15) is 18.2 Å². The third-order valence-corrected chi connectivity index (χ3v) is 3.39. The van der Waals surface area contributed by atoms with Crippen molar-refractivity contribution in [3.05, 3.63) is 57.8 Å². The Morgan fingerprint density at radius 2 is 2.11 bits per heavy atom. The molecule has 0 aliphatic rings. The Bertz CT molecular complexity index is 726. The summed E-state index contributed by atoms with van der Waals surface area (Å²) >= 11 is 9.33. The monoisotopic (exact) mass is 336 g/mol. The summed E-state index contributed by atoms with van der Waals surface area (Å²) in [7, 11) is 0. The van der Waals surface area contributed by atoms with E-state index in [4.69, 9.17) is 16.3 Å². The first-order valence-corrected chi connectivity index (χ1v) is 6.90. The topological polar surface area (TPSA) is 37.9 Å². The van der Waals surface area contributed by atoms with E-state index in [9.17, 15) is 0 Å². The minimum Gasteiger partial charge on any atom is -0.486 e. The molecule has 0 saturated heterocycles. The number of rotatable bonds is 3. The van der Waals surface area contributed by atoms with Crippen molar-refractivity contribution in [3.8, 4) is 5.75 Å². The average molecular weight is 338 g/mol. The Balaban J connectivity index is 1.78.